The molecule has 0 aliphatic rings. The van der Waals surface area contributed by atoms with Crippen LogP contribution in [0.3, 0.4) is 0 Å². The van der Waals surface area contributed by atoms with Gasteiger partial charge in [0.25, 0.3) is 5.91 Å². The molecular formula is C14H17FN4O2S. The van der Waals surface area contributed by atoms with E-state index in [2.05, 4.69) is 15.5 Å². The van der Waals surface area contributed by atoms with E-state index < -0.39 is 11.9 Å². The molecule has 1 heterocycles. The van der Waals surface area contributed by atoms with Gasteiger partial charge in [-0.1, -0.05) is 6.07 Å². The number of hydrogen-bond donors (Lipinski definition) is 2. The maximum Gasteiger partial charge on any atom is 0.260 e. The Hall–Kier alpha value is -2.22. The van der Waals surface area contributed by atoms with Crippen molar-refractivity contribution >= 4 is 18.1 Å². The summed E-state index contributed by atoms with van der Waals surface area (Å²) in [6.45, 7) is 2.01. The Morgan fingerprint density at radius 2 is 2.36 bits per heavy atom. The number of rotatable bonds is 6. The Morgan fingerprint density at radius 3 is 3.00 bits per heavy atom. The van der Waals surface area contributed by atoms with E-state index in [1.807, 2.05) is 0 Å². The third-order valence-corrected chi connectivity index (χ3v) is 3.46. The number of hydrogen-bond acceptors (Lipinski definition) is 4. The fourth-order valence-electron chi connectivity index (χ4n) is 1.84. The predicted octanol–water partition coefficient (Wildman–Crippen LogP) is 1.74. The standard InChI is InChI=1S/C14H17FN4O2S/c1-9(21-11-5-3-4-10(15)8-11)13(20)16-7-6-12-17-18-14(22)19(12)2/h3-5,8-9H,6-7H2,1-2H3,(H,16,20)(H,18,22)/t9-/m0/s1. The van der Waals surface area contributed by atoms with Crippen LogP contribution in [0, 0.1) is 10.6 Å². The van der Waals surface area contributed by atoms with Gasteiger partial charge >= 0.3 is 0 Å². The summed E-state index contributed by atoms with van der Waals surface area (Å²) in [6, 6.07) is 5.68. The average molecular weight is 324 g/mol. The predicted molar refractivity (Wildman–Crippen MR) is 81.6 cm³/mol. The van der Waals surface area contributed by atoms with Crippen LogP contribution in [0.15, 0.2) is 24.3 Å². The number of ether oxygens (including phenoxy) is 1. The van der Waals surface area contributed by atoms with Gasteiger partial charge in [0, 0.05) is 26.1 Å². The molecule has 0 aliphatic heterocycles. The molecule has 1 aromatic carbocycles. The zero-order valence-electron chi connectivity index (χ0n) is 12.3. The molecule has 22 heavy (non-hydrogen) atoms. The molecule has 0 aliphatic carbocycles. The summed E-state index contributed by atoms with van der Waals surface area (Å²) in [6.07, 6.45) is -0.175. The molecule has 0 radical (unpaired) electrons. The van der Waals surface area contributed by atoms with Crippen molar-refractivity contribution in [3.05, 3.63) is 40.7 Å². The fourth-order valence-corrected chi connectivity index (χ4v) is 1.99. The number of halogens is 1. The van der Waals surface area contributed by atoms with Crippen molar-refractivity contribution in [2.45, 2.75) is 19.4 Å². The number of carbonyl (C=O) groups excluding carboxylic acids is 1. The highest BCUT2D eigenvalue weighted by molar-refractivity contribution is 7.71. The summed E-state index contributed by atoms with van der Waals surface area (Å²) < 4.78 is 20.7. The normalized spacial score (nSPS) is 12.0. The van der Waals surface area contributed by atoms with Crippen molar-refractivity contribution < 1.29 is 13.9 Å². The molecule has 1 aromatic heterocycles. The number of aromatic nitrogens is 3. The number of aromatic amines is 1. The lowest BCUT2D eigenvalue weighted by atomic mass is 10.3. The summed E-state index contributed by atoms with van der Waals surface area (Å²) >= 11 is 5.01. The molecule has 118 valence electrons. The number of nitrogens with zero attached hydrogens (tertiary/aromatic N) is 2. The molecule has 2 N–H and O–H groups in total. The van der Waals surface area contributed by atoms with Gasteiger partial charge < -0.3 is 14.6 Å². The van der Waals surface area contributed by atoms with Gasteiger partial charge in [-0.05, 0) is 31.3 Å². The second-order valence-corrected chi connectivity index (χ2v) is 5.15. The first-order valence-electron chi connectivity index (χ1n) is 6.77. The highest BCUT2D eigenvalue weighted by Crippen LogP contribution is 2.13. The van der Waals surface area contributed by atoms with Crippen LogP contribution in [0.25, 0.3) is 0 Å². The van der Waals surface area contributed by atoms with Gasteiger partial charge in [0.2, 0.25) is 0 Å². The van der Waals surface area contributed by atoms with Crippen molar-refractivity contribution in [3.8, 4) is 5.75 Å². The largest absolute Gasteiger partial charge is 0.481 e. The summed E-state index contributed by atoms with van der Waals surface area (Å²) in [5.74, 6) is 0.387. The molecule has 6 nitrogen and oxygen atoms in total. The van der Waals surface area contributed by atoms with E-state index in [1.165, 1.54) is 18.2 Å². The van der Waals surface area contributed by atoms with Gasteiger partial charge in [0.1, 0.15) is 17.4 Å². The monoisotopic (exact) mass is 324 g/mol. The van der Waals surface area contributed by atoms with Crippen LogP contribution in [0.4, 0.5) is 4.39 Å². The first-order chi connectivity index (χ1) is 10.5. The minimum absolute atomic E-state index is 0.277. The molecule has 0 saturated carbocycles. The molecule has 0 unspecified atom stereocenters. The molecular weight excluding hydrogens is 307 g/mol. The van der Waals surface area contributed by atoms with Gasteiger partial charge in [-0.25, -0.2) is 4.39 Å². The number of H-pyrrole nitrogens is 1. The molecule has 2 aromatic rings. The quantitative estimate of drug-likeness (QED) is 0.794. The Morgan fingerprint density at radius 1 is 1.59 bits per heavy atom. The average Bonchev–Trinajstić information content (AvgIpc) is 2.79. The lowest BCUT2D eigenvalue weighted by molar-refractivity contribution is -0.127. The number of carbonyl (C=O) groups is 1. The van der Waals surface area contributed by atoms with E-state index in [9.17, 15) is 9.18 Å². The number of amides is 1. The van der Waals surface area contributed by atoms with Gasteiger partial charge in [-0.3, -0.25) is 9.89 Å². The van der Waals surface area contributed by atoms with E-state index in [0.29, 0.717) is 23.5 Å². The smallest absolute Gasteiger partial charge is 0.260 e. The summed E-state index contributed by atoms with van der Waals surface area (Å²) in [5, 5.41) is 9.48. The van der Waals surface area contributed by atoms with Gasteiger partial charge in [0.15, 0.2) is 10.9 Å². The highest BCUT2D eigenvalue weighted by atomic mass is 32.1. The third-order valence-electron chi connectivity index (χ3n) is 3.10. The first-order valence-corrected chi connectivity index (χ1v) is 7.18. The Balaban J connectivity index is 1.81. The Bertz CT molecular complexity index is 713. The van der Waals surface area contributed by atoms with Crippen molar-refractivity contribution in [2.75, 3.05) is 6.54 Å². The lowest BCUT2D eigenvalue weighted by Crippen LogP contribution is -2.37. The zero-order chi connectivity index (χ0) is 16.1. The zero-order valence-corrected chi connectivity index (χ0v) is 13.1. The van der Waals surface area contributed by atoms with Gasteiger partial charge in [0.05, 0.1) is 0 Å². The van der Waals surface area contributed by atoms with Gasteiger partial charge in [-0.15, -0.1) is 0 Å². The van der Waals surface area contributed by atoms with Crippen molar-refractivity contribution in [1.29, 1.82) is 0 Å². The second kappa shape index (κ2) is 7.17. The molecule has 8 heteroatoms. The van der Waals surface area contributed by atoms with E-state index in [4.69, 9.17) is 17.0 Å². The SMILES string of the molecule is C[C@H](Oc1cccc(F)c1)C(=O)NCCc1n[nH]c(=S)n1C. The Kier molecular flexibility index (Phi) is 5.26. The van der Waals surface area contributed by atoms with Crippen LogP contribution in [0.5, 0.6) is 5.75 Å². The second-order valence-electron chi connectivity index (χ2n) is 4.76. The molecule has 0 saturated heterocycles. The van der Waals surface area contributed by atoms with E-state index in [1.54, 1.807) is 24.6 Å². The van der Waals surface area contributed by atoms with Crippen molar-refractivity contribution in [1.82, 2.24) is 20.1 Å². The molecule has 0 spiro atoms. The van der Waals surface area contributed by atoms with Crippen LogP contribution in [-0.2, 0) is 18.3 Å². The summed E-state index contributed by atoms with van der Waals surface area (Å²) in [4.78, 5) is 11.9. The van der Waals surface area contributed by atoms with Crippen LogP contribution >= 0.6 is 12.2 Å². The lowest BCUT2D eigenvalue weighted by Gasteiger charge is -2.14. The van der Waals surface area contributed by atoms with Crippen LogP contribution in [0.2, 0.25) is 0 Å². The first kappa shape index (κ1) is 16.2. The van der Waals surface area contributed by atoms with Crippen molar-refractivity contribution in [3.63, 3.8) is 0 Å². The molecule has 2 rings (SSSR count). The van der Waals surface area contributed by atoms with Crippen LogP contribution in [-0.4, -0.2) is 33.3 Å². The summed E-state index contributed by atoms with van der Waals surface area (Å²) in [7, 11) is 1.80. The molecule has 0 fully saturated rings. The summed E-state index contributed by atoms with van der Waals surface area (Å²) in [5.41, 5.74) is 0. The number of nitrogens with one attached hydrogen (secondary N) is 2. The van der Waals surface area contributed by atoms with Crippen LogP contribution in [0.1, 0.15) is 12.7 Å². The Labute approximate surface area is 132 Å². The van der Waals surface area contributed by atoms with Crippen molar-refractivity contribution in [2.24, 2.45) is 7.05 Å². The van der Waals surface area contributed by atoms with Crippen LogP contribution < -0.4 is 10.1 Å². The molecule has 1 amide bonds. The highest BCUT2D eigenvalue weighted by Gasteiger charge is 2.14. The maximum atomic E-state index is 13.0. The van der Waals surface area contributed by atoms with E-state index in [-0.39, 0.29) is 5.91 Å². The minimum atomic E-state index is -0.718. The number of benzene rings is 1. The minimum Gasteiger partial charge on any atom is -0.481 e. The maximum absolute atomic E-state index is 13.0. The topological polar surface area (TPSA) is 71.9 Å². The van der Waals surface area contributed by atoms with E-state index in [0.717, 1.165) is 5.82 Å². The third kappa shape index (κ3) is 4.14. The molecule has 0 bridgehead atoms. The van der Waals surface area contributed by atoms with Gasteiger partial charge in [-0.2, -0.15) is 5.10 Å². The molecule has 1 atom stereocenters. The van der Waals surface area contributed by atoms with E-state index >= 15 is 0 Å². The fraction of sp³-hybridized carbons (Fsp3) is 0.357.